The van der Waals surface area contributed by atoms with E-state index in [1.54, 1.807) is 19.2 Å². The average molecular weight is 408 g/mol. The number of carbonyl (C=O) groups is 2. The Morgan fingerprint density at radius 2 is 1.90 bits per heavy atom. The molecule has 0 bridgehead atoms. The smallest absolute Gasteiger partial charge is 0.356 e. The van der Waals surface area contributed by atoms with E-state index in [-0.39, 0.29) is 17.6 Å². The lowest BCUT2D eigenvalue weighted by molar-refractivity contribution is -0.929. The third-order valence-electron chi connectivity index (χ3n) is 5.90. The first kappa shape index (κ1) is 20.0. The Morgan fingerprint density at radius 3 is 2.63 bits per heavy atom. The van der Waals surface area contributed by atoms with Crippen LogP contribution in [0.5, 0.6) is 5.75 Å². The van der Waals surface area contributed by atoms with Gasteiger partial charge >= 0.3 is 5.97 Å². The molecule has 4 rings (SSSR count). The Bertz CT molecular complexity index is 1110. The van der Waals surface area contributed by atoms with Crippen LogP contribution in [0.15, 0.2) is 42.5 Å². The van der Waals surface area contributed by atoms with Gasteiger partial charge in [-0.1, -0.05) is 24.3 Å². The van der Waals surface area contributed by atoms with E-state index in [1.807, 2.05) is 19.1 Å². The molecule has 1 aliphatic heterocycles. The van der Waals surface area contributed by atoms with E-state index in [4.69, 9.17) is 9.47 Å². The molecule has 3 aromatic rings. The minimum atomic E-state index is -0.535. The third-order valence-corrected chi connectivity index (χ3v) is 5.90. The maximum Gasteiger partial charge on any atom is 0.356 e. The van der Waals surface area contributed by atoms with Crippen molar-refractivity contribution in [1.82, 2.24) is 4.98 Å². The molecule has 2 aromatic carbocycles. The van der Waals surface area contributed by atoms with Gasteiger partial charge in [-0.15, -0.1) is 0 Å². The van der Waals surface area contributed by atoms with Crippen molar-refractivity contribution >= 4 is 28.5 Å². The van der Waals surface area contributed by atoms with Crippen LogP contribution in [-0.4, -0.2) is 43.7 Å². The van der Waals surface area contributed by atoms with Crippen molar-refractivity contribution in [2.75, 3.05) is 26.1 Å². The predicted molar refractivity (Wildman–Crippen MR) is 114 cm³/mol. The number of methoxy groups -OCH3 is 2. The summed E-state index contributed by atoms with van der Waals surface area (Å²) in [5.74, 6) is -0.0125. The molecule has 0 spiro atoms. The number of hydrogen-bond acceptors (Lipinski definition) is 4. The lowest BCUT2D eigenvalue weighted by atomic mass is 9.98. The molecule has 7 heteroatoms. The number of quaternary nitrogens is 1. The molecule has 1 aromatic heterocycles. The van der Waals surface area contributed by atoms with Gasteiger partial charge < -0.3 is 24.7 Å². The molecular formula is C23H26N3O4+. The van der Waals surface area contributed by atoms with Crippen molar-refractivity contribution < 1.29 is 24.0 Å². The molecule has 2 atom stereocenters. The molecule has 0 radical (unpaired) electrons. The zero-order chi connectivity index (χ0) is 21.3. The number of nitrogens with one attached hydrogen (secondary N) is 3. The number of H-pyrrole nitrogens is 1. The molecule has 0 saturated heterocycles. The number of aromatic amines is 1. The van der Waals surface area contributed by atoms with Crippen LogP contribution in [0.1, 0.15) is 28.5 Å². The summed E-state index contributed by atoms with van der Waals surface area (Å²) >= 11 is 0. The molecule has 3 N–H and O–H groups in total. The van der Waals surface area contributed by atoms with Gasteiger partial charge in [-0.3, -0.25) is 4.79 Å². The number of ether oxygens (including phenoxy) is 2. The van der Waals surface area contributed by atoms with Gasteiger partial charge in [0.1, 0.15) is 18.0 Å². The highest BCUT2D eigenvalue weighted by atomic mass is 16.5. The summed E-state index contributed by atoms with van der Waals surface area (Å²) in [5, 5.41) is 3.71. The summed E-state index contributed by atoms with van der Waals surface area (Å²) in [7, 11) is 2.90. The van der Waals surface area contributed by atoms with Gasteiger partial charge in [0.15, 0.2) is 6.04 Å². The zero-order valence-electron chi connectivity index (χ0n) is 17.4. The predicted octanol–water partition coefficient (Wildman–Crippen LogP) is 1.93. The molecular weight excluding hydrogens is 382 g/mol. The Hall–Kier alpha value is -3.32. The van der Waals surface area contributed by atoms with E-state index in [0.29, 0.717) is 17.0 Å². The molecule has 30 heavy (non-hydrogen) atoms. The number of aromatic nitrogens is 1. The molecule has 2 heterocycles. The van der Waals surface area contributed by atoms with E-state index < -0.39 is 5.97 Å². The van der Waals surface area contributed by atoms with Gasteiger partial charge in [0.05, 0.1) is 32.0 Å². The zero-order valence-corrected chi connectivity index (χ0v) is 17.4. The van der Waals surface area contributed by atoms with Crippen LogP contribution in [0.3, 0.4) is 0 Å². The summed E-state index contributed by atoms with van der Waals surface area (Å²) < 4.78 is 10.2. The second-order valence-corrected chi connectivity index (χ2v) is 7.59. The monoisotopic (exact) mass is 408 g/mol. The first-order valence-corrected chi connectivity index (χ1v) is 10.0. The van der Waals surface area contributed by atoms with Crippen molar-refractivity contribution in [1.29, 1.82) is 0 Å². The molecule has 0 aliphatic carbocycles. The van der Waals surface area contributed by atoms with Crippen molar-refractivity contribution in [3.63, 3.8) is 0 Å². The quantitative estimate of drug-likeness (QED) is 0.564. The molecule has 1 unspecified atom stereocenters. The Morgan fingerprint density at radius 1 is 1.13 bits per heavy atom. The van der Waals surface area contributed by atoms with Crippen LogP contribution < -0.4 is 15.0 Å². The van der Waals surface area contributed by atoms with Crippen LogP contribution >= 0.6 is 0 Å². The maximum atomic E-state index is 13.1. The molecule has 0 fully saturated rings. The van der Waals surface area contributed by atoms with Gasteiger partial charge in [-0.25, -0.2) is 4.79 Å². The van der Waals surface area contributed by atoms with Gasteiger partial charge in [0.2, 0.25) is 0 Å². The summed E-state index contributed by atoms with van der Waals surface area (Å²) in [6.07, 6.45) is 0.948. The molecule has 1 aliphatic rings. The van der Waals surface area contributed by atoms with Crippen LogP contribution in [-0.2, 0) is 22.5 Å². The number of esters is 1. The lowest BCUT2D eigenvalue weighted by Gasteiger charge is -2.30. The number of carbonyl (C=O) groups excluding carboxylic acids is 2. The van der Waals surface area contributed by atoms with E-state index in [1.165, 1.54) is 23.1 Å². The SMILES string of the molecule is COC(=O)c1[nH]c2cc(OC)ccc2c1NC(=O)[C@@H](C)[NH+]1CCc2ccccc2C1. The summed E-state index contributed by atoms with van der Waals surface area (Å²) in [6, 6.07) is 13.5. The number of amides is 1. The van der Waals surface area contributed by atoms with E-state index in [2.05, 4.69) is 28.5 Å². The van der Waals surface area contributed by atoms with Crippen molar-refractivity contribution in [2.24, 2.45) is 0 Å². The van der Waals surface area contributed by atoms with Crippen LogP contribution in [0.4, 0.5) is 5.69 Å². The van der Waals surface area contributed by atoms with Gasteiger partial charge in [-0.2, -0.15) is 0 Å². The lowest BCUT2D eigenvalue weighted by Crippen LogP contribution is -3.16. The average Bonchev–Trinajstić information content (AvgIpc) is 3.14. The number of benzene rings is 2. The fourth-order valence-corrected chi connectivity index (χ4v) is 4.08. The molecule has 7 nitrogen and oxygen atoms in total. The van der Waals surface area contributed by atoms with Crippen molar-refractivity contribution in [2.45, 2.75) is 25.9 Å². The van der Waals surface area contributed by atoms with Crippen LogP contribution in [0.2, 0.25) is 0 Å². The standard InChI is InChI=1S/C23H25N3O4/c1-14(26-11-10-15-6-4-5-7-16(15)13-26)22(27)25-20-18-9-8-17(29-2)12-19(18)24-21(20)23(28)30-3/h4-9,12,14,24H,10-11,13H2,1-3H3,(H,25,27)/p+1/t14-/m1/s1. The van der Waals surface area contributed by atoms with E-state index in [9.17, 15) is 9.59 Å². The highest BCUT2D eigenvalue weighted by Crippen LogP contribution is 2.31. The molecule has 0 saturated carbocycles. The van der Waals surface area contributed by atoms with Crippen LogP contribution in [0.25, 0.3) is 10.9 Å². The fourth-order valence-electron chi connectivity index (χ4n) is 4.08. The maximum absolute atomic E-state index is 13.1. The van der Waals surface area contributed by atoms with Crippen LogP contribution in [0, 0.1) is 0 Å². The highest BCUT2D eigenvalue weighted by molar-refractivity contribution is 6.11. The van der Waals surface area contributed by atoms with Crippen molar-refractivity contribution in [3.05, 3.63) is 59.3 Å². The van der Waals surface area contributed by atoms with Crippen molar-refractivity contribution in [3.8, 4) is 5.75 Å². The Labute approximate surface area is 175 Å². The molecule has 156 valence electrons. The van der Waals surface area contributed by atoms with E-state index in [0.717, 1.165) is 24.9 Å². The normalized spacial score (nSPS) is 16.6. The summed E-state index contributed by atoms with van der Waals surface area (Å²) in [5.41, 5.74) is 3.99. The van der Waals surface area contributed by atoms with Gasteiger partial charge in [-0.05, 0) is 24.6 Å². The first-order chi connectivity index (χ1) is 14.5. The Kier molecular flexibility index (Phi) is 5.46. The third kappa shape index (κ3) is 3.64. The number of rotatable bonds is 5. The minimum Gasteiger partial charge on any atom is -0.497 e. The summed E-state index contributed by atoms with van der Waals surface area (Å²) in [6.45, 7) is 3.62. The fraction of sp³-hybridized carbons (Fsp3) is 0.304. The number of anilines is 1. The highest BCUT2D eigenvalue weighted by Gasteiger charge is 2.30. The second kappa shape index (κ2) is 8.20. The Balaban J connectivity index is 1.60. The largest absolute Gasteiger partial charge is 0.497 e. The summed E-state index contributed by atoms with van der Waals surface area (Å²) in [4.78, 5) is 29.7. The number of fused-ring (bicyclic) bond motifs is 2. The van der Waals surface area contributed by atoms with E-state index >= 15 is 0 Å². The molecule has 1 amide bonds. The second-order valence-electron chi connectivity index (χ2n) is 7.59. The first-order valence-electron chi connectivity index (χ1n) is 10.0. The van der Waals surface area contributed by atoms with Gasteiger partial charge in [0, 0.05) is 23.4 Å². The number of hydrogen-bond donors (Lipinski definition) is 3. The topological polar surface area (TPSA) is 84.9 Å². The van der Waals surface area contributed by atoms with Gasteiger partial charge in [0.25, 0.3) is 5.91 Å². The minimum absolute atomic E-state index is 0.133.